The Balaban J connectivity index is 1.60. The van der Waals surface area contributed by atoms with E-state index in [1.54, 1.807) is 23.2 Å². The molecule has 0 saturated carbocycles. The summed E-state index contributed by atoms with van der Waals surface area (Å²) in [5.74, 6) is -0.386. The second-order valence-electron chi connectivity index (χ2n) is 5.61. The molecule has 1 aromatic heterocycles. The Morgan fingerprint density at radius 3 is 2.64 bits per heavy atom. The van der Waals surface area contributed by atoms with E-state index in [0.717, 1.165) is 11.4 Å². The van der Waals surface area contributed by atoms with Crippen LogP contribution in [0, 0.1) is 0 Å². The third-order valence-electron chi connectivity index (χ3n) is 3.94. The number of halogens is 2. The predicted molar refractivity (Wildman–Crippen MR) is 90.8 cm³/mol. The zero-order chi connectivity index (χ0) is 17.8. The van der Waals surface area contributed by atoms with Crippen LogP contribution < -0.4 is 10.5 Å². The van der Waals surface area contributed by atoms with Crippen molar-refractivity contribution in [2.45, 2.75) is 13.2 Å². The molecule has 25 heavy (non-hydrogen) atoms. The summed E-state index contributed by atoms with van der Waals surface area (Å²) in [4.78, 5) is 21.6. The van der Waals surface area contributed by atoms with Gasteiger partial charge in [-0.05, 0) is 12.1 Å². The molecule has 3 rings (SSSR count). The van der Waals surface area contributed by atoms with Gasteiger partial charge in [-0.2, -0.15) is 8.78 Å². The van der Waals surface area contributed by atoms with E-state index in [2.05, 4.69) is 14.6 Å². The van der Waals surface area contributed by atoms with Crippen molar-refractivity contribution in [2.24, 2.45) is 0 Å². The minimum atomic E-state index is -2.96. The van der Waals surface area contributed by atoms with Gasteiger partial charge >= 0.3 is 6.61 Å². The van der Waals surface area contributed by atoms with Crippen LogP contribution in [0.2, 0.25) is 0 Å². The highest BCUT2D eigenvalue weighted by atomic mass is 32.1. The minimum Gasteiger partial charge on any atom is -0.434 e. The lowest BCUT2D eigenvalue weighted by Gasteiger charge is -2.34. The Morgan fingerprint density at radius 2 is 2.00 bits per heavy atom. The van der Waals surface area contributed by atoms with Crippen LogP contribution in [0.15, 0.2) is 30.5 Å². The number of carbonyl (C=O) groups excluding carboxylic acids is 1. The third-order valence-corrected chi connectivity index (χ3v) is 4.76. The molecule has 2 heterocycles. The second-order valence-corrected chi connectivity index (χ2v) is 6.75. The molecule has 134 valence electrons. The zero-order valence-electron chi connectivity index (χ0n) is 13.4. The number of rotatable bonds is 5. The van der Waals surface area contributed by atoms with E-state index in [1.807, 2.05) is 0 Å². The number of hydrogen-bond acceptors (Lipinski definition) is 6. The molecule has 1 amide bonds. The van der Waals surface area contributed by atoms with Gasteiger partial charge in [0.25, 0.3) is 5.91 Å². The van der Waals surface area contributed by atoms with Crippen LogP contribution in [0.25, 0.3) is 0 Å². The molecule has 0 radical (unpaired) electrons. The topological polar surface area (TPSA) is 71.7 Å². The Kier molecular flexibility index (Phi) is 5.44. The van der Waals surface area contributed by atoms with E-state index in [4.69, 9.17) is 5.73 Å². The molecule has 2 aromatic rings. The first kappa shape index (κ1) is 17.6. The van der Waals surface area contributed by atoms with Crippen LogP contribution in [-0.4, -0.2) is 53.5 Å². The monoisotopic (exact) mass is 368 g/mol. The Hall–Kier alpha value is -2.26. The number of nitrogens with two attached hydrogens (primary N) is 1. The lowest BCUT2D eigenvalue weighted by atomic mass is 10.1. The smallest absolute Gasteiger partial charge is 0.387 e. The number of thiazole rings is 1. The van der Waals surface area contributed by atoms with Crippen molar-refractivity contribution in [3.63, 3.8) is 0 Å². The highest BCUT2D eigenvalue weighted by molar-refractivity contribution is 7.15. The van der Waals surface area contributed by atoms with Gasteiger partial charge in [-0.3, -0.25) is 9.69 Å². The number of anilines is 1. The van der Waals surface area contributed by atoms with Crippen LogP contribution in [0.3, 0.4) is 0 Å². The summed E-state index contributed by atoms with van der Waals surface area (Å²) in [5.41, 5.74) is 5.79. The molecule has 0 bridgehead atoms. The van der Waals surface area contributed by atoms with Crippen LogP contribution in [0.5, 0.6) is 5.75 Å². The molecular weight excluding hydrogens is 350 g/mol. The normalized spacial score (nSPS) is 15.6. The van der Waals surface area contributed by atoms with E-state index in [0.29, 0.717) is 31.3 Å². The highest BCUT2D eigenvalue weighted by Crippen LogP contribution is 2.23. The van der Waals surface area contributed by atoms with E-state index < -0.39 is 6.61 Å². The van der Waals surface area contributed by atoms with Crippen molar-refractivity contribution in [3.8, 4) is 5.75 Å². The molecule has 1 saturated heterocycles. The van der Waals surface area contributed by atoms with Crippen molar-refractivity contribution in [1.29, 1.82) is 0 Å². The summed E-state index contributed by atoms with van der Waals surface area (Å²) >= 11 is 1.45. The number of ether oxygens (including phenoxy) is 1. The van der Waals surface area contributed by atoms with Gasteiger partial charge in [-0.15, -0.1) is 11.3 Å². The third kappa shape index (κ3) is 4.43. The van der Waals surface area contributed by atoms with Gasteiger partial charge in [0.1, 0.15) is 5.75 Å². The summed E-state index contributed by atoms with van der Waals surface area (Å²) < 4.78 is 29.4. The number of alkyl halides is 2. The molecule has 1 aliphatic rings. The van der Waals surface area contributed by atoms with Gasteiger partial charge in [-0.1, -0.05) is 12.1 Å². The summed E-state index contributed by atoms with van der Waals surface area (Å²) in [6.45, 7) is 0.217. The van der Waals surface area contributed by atoms with Gasteiger partial charge in [0.15, 0.2) is 5.13 Å². The fourth-order valence-corrected chi connectivity index (χ4v) is 3.46. The van der Waals surface area contributed by atoms with Gasteiger partial charge in [0.2, 0.25) is 0 Å². The predicted octanol–water partition coefficient (Wildman–Crippen LogP) is 2.28. The lowest BCUT2D eigenvalue weighted by molar-refractivity contribution is -0.0503. The van der Waals surface area contributed by atoms with Crippen LogP contribution >= 0.6 is 11.3 Å². The average Bonchev–Trinajstić information content (AvgIpc) is 3.00. The number of piperazine rings is 1. The molecule has 0 unspecified atom stereocenters. The Labute approximate surface area is 147 Å². The average molecular weight is 368 g/mol. The van der Waals surface area contributed by atoms with Crippen LogP contribution in [-0.2, 0) is 6.54 Å². The molecule has 2 N–H and O–H groups in total. The first-order chi connectivity index (χ1) is 12.0. The first-order valence-electron chi connectivity index (χ1n) is 7.78. The van der Waals surface area contributed by atoms with E-state index in [9.17, 15) is 13.6 Å². The lowest BCUT2D eigenvalue weighted by Crippen LogP contribution is -2.48. The number of nitrogens with zero attached hydrogens (tertiary/aromatic N) is 3. The van der Waals surface area contributed by atoms with E-state index >= 15 is 0 Å². The SMILES string of the molecule is Nc1ncc(CN2CCN(C(=O)c3ccccc3OC(F)F)CC2)s1. The standard InChI is InChI=1S/C16H18F2N4O2S/c17-15(18)24-13-4-2-1-3-12(13)14(23)22-7-5-21(6-8-22)10-11-9-20-16(19)25-11/h1-4,9,15H,5-8,10H2,(H2,19,20). The second kappa shape index (κ2) is 7.75. The van der Waals surface area contributed by atoms with Gasteiger partial charge in [-0.25, -0.2) is 4.98 Å². The van der Waals surface area contributed by atoms with E-state index in [1.165, 1.54) is 23.5 Å². The van der Waals surface area contributed by atoms with Gasteiger partial charge in [0, 0.05) is 43.8 Å². The Bertz CT molecular complexity index is 732. The van der Waals surface area contributed by atoms with Crippen molar-refractivity contribution >= 4 is 22.4 Å². The van der Waals surface area contributed by atoms with Gasteiger partial charge < -0.3 is 15.4 Å². The molecule has 6 nitrogen and oxygen atoms in total. The number of hydrogen-bond donors (Lipinski definition) is 1. The number of para-hydroxylation sites is 1. The fourth-order valence-electron chi connectivity index (χ4n) is 2.74. The number of amides is 1. The largest absolute Gasteiger partial charge is 0.434 e. The first-order valence-corrected chi connectivity index (χ1v) is 8.60. The molecule has 0 spiro atoms. The highest BCUT2D eigenvalue weighted by Gasteiger charge is 2.25. The summed E-state index contributed by atoms with van der Waals surface area (Å²) in [7, 11) is 0. The van der Waals surface area contributed by atoms with Gasteiger partial charge in [0.05, 0.1) is 5.56 Å². The molecule has 0 aliphatic carbocycles. The molecule has 1 aliphatic heterocycles. The summed E-state index contributed by atoms with van der Waals surface area (Å²) in [6.07, 6.45) is 1.76. The number of aromatic nitrogens is 1. The molecule has 0 atom stereocenters. The van der Waals surface area contributed by atoms with Crippen molar-refractivity contribution in [1.82, 2.24) is 14.8 Å². The molecule has 1 aromatic carbocycles. The zero-order valence-corrected chi connectivity index (χ0v) is 14.2. The molecule has 9 heteroatoms. The maximum atomic E-state index is 12.6. The molecule has 1 fully saturated rings. The van der Waals surface area contributed by atoms with Crippen molar-refractivity contribution in [2.75, 3.05) is 31.9 Å². The van der Waals surface area contributed by atoms with Crippen molar-refractivity contribution < 1.29 is 18.3 Å². The maximum Gasteiger partial charge on any atom is 0.387 e. The minimum absolute atomic E-state index is 0.0925. The van der Waals surface area contributed by atoms with E-state index in [-0.39, 0.29) is 17.2 Å². The maximum absolute atomic E-state index is 12.6. The van der Waals surface area contributed by atoms with Crippen molar-refractivity contribution in [3.05, 3.63) is 40.9 Å². The van der Waals surface area contributed by atoms with Crippen LogP contribution in [0.4, 0.5) is 13.9 Å². The number of carbonyl (C=O) groups is 1. The van der Waals surface area contributed by atoms with Crippen LogP contribution in [0.1, 0.15) is 15.2 Å². The number of nitrogen functional groups attached to an aromatic ring is 1. The number of benzene rings is 1. The Morgan fingerprint density at radius 1 is 1.28 bits per heavy atom. The molecular formula is C16H18F2N4O2S. The quantitative estimate of drug-likeness (QED) is 0.877. The fraction of sp³-hybridized carbons (Fsp3) is 0.375. The summed E-state index contributed by atoms with van der Waals surface area (Å²) in [5, 5.41) is 0.541. The summed E-state index contributed by atoms with van der Waals surface area (Å²) in [6, 6.07) is 6.08.